The number of carbonyl (C=O) groups is 1. The standard InChI is InChI=1S/C18H26N4O3/c1-19-17-13-15(22(24)25)7-8-16(17)21(14-18(19)23)12-4-2-3-9-20-10-5-6-11-20/h7-8,13H,2-6,9-12,14H2,1H3. The van der Waals surface area contributed by atoms with E-state index in [-0.39, 0.29) is 11.6 Å². The monoisotopic (exact) mass is 346 g/mol. The molecule has 0 atom stereocenters. The largest absolute Gasteiger partial charge is 0.361 e. The van der Waals surface area contributed by atoms with E-state index >= 15 is 0 Å². The number of likely N-dealkylation sites (tertiary alicyclic amines) is 1. The molecule has 7 nitrogen and oxygen atoms in total. The van der Waals surface area contributed by atoms with Gasteiger partial charge in [0.15, 0.2) is 0 Å². The molecule has 3 rings (SSSR count). The summed E-state index contributed by atoms with van der Waals surface area (Å²) in [6, 6.07) is 4.77. The van der Waals surface area contributed by atoms with Gasteiger partial charge in [-0.2, -0.15) is 0 Å². The van der Waals surface area contributed by atoms with Crippen molar-refractivity contribution in [2.45, 2.75) is 32.1 Å². The number of likely N-dealkylation sites (N-methyl/N-ethyl adjacent to an activating group) is 1. The first-order valence-electron chi connectivity index (χ1n) is 9.08. The summed E-state index contributed by atoms with van der Waals surface area (Å²) in [6.45, 7) is 4.79. The Morgan fingerprint density at radius 1 is 1.08 bits per heavy atom. The third-order valence-electron chi connectivity index (χ3n) is 5.17. The van der Waals surface area contributed by atoms with E-state index in [1.54, 1.807) is 13.1 Å². The van der Waals surface area contributed by atoms with E-state index in [2.05, 4.69) is 9.80 Å². The third-order valence-corrected chi connectivity index (χ3v) is 5.17. The third kappa shape index (κ3) is 4.10. The zero-order chi connectivity index (χ0) is 17.8. The Hall–Kier alpha value is -2.15. The molecule has 7 heteroatoms. The number of unbranched alkanes of at least 4 members (excludes halogenated alkanes) is 2. The molecular weight excluding hydrogens is 320 g/mol. The smallest absolute Gasteiger partial charge is 0.271 e. The Morgan fingerprint density at radius 2 is 1.80 bits per heavy atom. The van der Waals surface area contributed by atoms with Crippen LogP contribution >= 0.6 is 0 Å². The van der Waals surface area contributed by atoms with Crippen molar-refractivity contribution in [1.29, 1.82) is 0 Å². The molecule has 1 aromatic rings. The average Bonchev–Trinajstić information content (AvgIpc) is 3.11. The van der Waals surface area contributed by atoms with Gasteiger partial charge in [-0.1, -0.05) is 6.42 Å². The Labute approximate surface area is 148 Å². The summed E-state index contributed by atoms with van der Waals surface area (Å²) in [5.41, 5.74) is 1.56. The van der Waals surface area contributed by atoms with E-state index in [0.29, 0.717) is 12.2 Å². The lowest BCUT2D eigenvalue weighted by Crippen LogP contribution is -2.44. The maximum absolute atomic E-state index is 12.2. The Bertz CT molecular complexity index is 643. The minimum absolute atomic E-state index is 0.0193. The topological polar surface area (TPSA) is 69.9 Å². The van der Waals surface area contributed by atoms with Crippen LogP contribution in [0.15, 0.2) is 18.2 Å². The minimum atomic E-state index is -0.421. The second-order valence-corrected chi connectivity index (χ2v) is 6.91. The van der Waals surface area contributed by atoms with E-state index in [9.17, 15) is 14.9 Å². The Kier molecular flexibility index (Phi) is 5.53. The van der Waals surface area contributed by atoms with Crippen LogP contribution in [0.5, 0.6) is 0 Å². The lowest BCUT2D eigenvalue weighted by Gasteiger charge is -2.35. The van der Waals surface area contributed by atoms with Crippen LogP contribution in [0.1, 0.15) is 32.1 Å². The molecule has 1 saturated heterocycles. The van der Waals surface area contributed by atoms with E-state index in [0.717, 1.165) is 25.1 Å². The molecule has 2 heterocycles. The van der Waals surface area contributed by atoms with Gasteiger partial charge in [-0.25, -0.2) is 0 Å². The number of nitrogens with zero attached hydrogens (tertiary/aromatic N) is 4. The van der Waals surface area contributed by atoms with Gasteiger partial charge in [0.2, 0.25) is 5.91 Å². The minimum Gasteiger partial charge on any atom is -0.361 e. The molecule has 0 saturated carbocycles. The molecule has 136 valence electrons. The summed E-state index contributed by atoms with van der Waals surface area (Å²) in [6.07, 6.45) is 6.01. The Balaban J connectivity index is 1.57. The van der Waals surface area contributed by atoms with Crippen molar-refractivity contribution in [3.8, 4) is 0 Å². The number of non-ortho nitro benzene ring substituents is 1. The van der Waals surface area contributed by atoms with Crippen molar-refractivity contribution in [2.75, 3.05) is 49.6 Å². The zero-order valence-electron chi connectivity index (χ0n) is 14.8. The predicted molar refractivity (Wildman–Crippen MR) is 98.2 cm³/mol. The highest BCUT2D eigenvalue weighted by atomic mass is 16.6. The summed E-state index contributed by atoms with van der Waals surface area (Å²) in [4.78, 5) is 28.9. The van der Waals surface area contributed by atoms with Gasteiger partial charge < -0.3 is 14.7 Å². The molecule has 2 aliphatic rings. The number of nitro benzene ring substituents is 1. The van der Waals surface area contributed by atoms with E-state index in [1.807, 2.05) is 0 Å². The van der Waals surface area contributed by atoms with Gasteiger partial charge >= 0.3 is 0 Å². The van der Waals surface area contributed by atoms with E-state index < -0.39 is 4.92 Å². The molecule has 0 aliphatic carbocycles. The van der Waals surface area contributed by atoms with Crippen LogP contribution in [-0.2, 0) is 4.79 Å². The fourth-order valence-corrected chi connectivity index (χ4v) is 3.67. The molecule has 0 radical (unpaired) electrons. The van der Waals surface area contributed by atoms with E-state index in [4.69, 9.17) is 0 Å². The number of fused-ring (bicyclic) bond motifs is 1. The van der Waals surface area contributed by atoms with Gasteiger partial charge in [0, 0.05) is 25.7 Å². The SMILES string of the molecule is CN1C(=O)CN(CCCCCN2CCCC2)c2ccc([N+](=O)[O-])cc21. The number of hydrogen-bond donors (Lipinski definition) is 0. The summed E-state index contributed by atoms with van der Waals surface area (Å²) >= 11 is 0. The molecular formula is C18H26N4O3. The second-order valence-electron chi connectivity index (χ2n) is 6.91. The molecule has 0 spiro atoms. The van der Waals surface area contributed by atoms with Crippen LogP contribution in [-0.4, -0.2) is 55.5 Å². The van der Waals surface area contributed by atoms with Crippen LogP contribution in [0.4, 0.5) is 17.1 Å². The average molecular weight is 346 g/mol. The van der Waals surface area contributed by atoms with Crippen LogP contribution < -0.4 is 9.80 Å². The van der Waals surface area contributed by atoms with Gasteiger partial charge in [-0.05, 0) is 51.4 Å². The fourth-order valence-electron chi connectivity index (χ4n) is 3.67. The quantitative estimate of drug-likeness (QED) is 0.431. The zero-order valence-corrected chi connectivity index (χ0v) is 14.8. The molecule has 2 aliphatic heterocycles. The Morgan fingerprint density at radius 3 is 2.52 bits per heavy atom. The van der Waals surface area contributed by atoms with Crippen LogP contribution in [0.2, 0.25) is 0 Å². The van der Waals surface area contributed by atoms with Crippen LogP contribution in [0.3, 0.4) is 0 Å². The van der Waals surface area contributed by atoms with Crippen molar-refractivity contribution in [3.05, 3.63) is 28.3 Å². The molecule has 0 unspecified atom stereocenters. The van der Waals surface area contributed by atoms with Crippen molar-refractivity contribution in [3.63, 3.8) is 0 Å². The first kappa shape index (κ1) is 17.7. The van der Waals surface area contributed by atoms with Crippen molar-refractivity contribution >= 4 is 23.0 Å². The van der Waals surface area contributed by atoms with Gasteiger partial charge in [-0.3, -0.25) is 14.9 Å². The summed E-state index contributed by atoms with van der Waals surface area (Å²) in [5.74, 6) is -0.0231. The number of hydrogen-bond acceptors (Lipinski definition) is 5. The van der Waals surface area contributed by atoms with Gasteiger partial charge in [0.25, 0.3) is 5.69 Å². The second kappa shape index (κ2) is 7.82. The first-order valence-corrected chi connectivity index (χ1v) is 9.08. The number of amides is 1. The molecule has 0 bridgehead atoms. The number of nitro groups is 1. The number of benzene rings is 1. The highest BCUT2D eigenvalue weighted by molar-refractivity contribution is 6.03. The summed E-state index contributed by atoms with van der Waals surface area (Å²) < 4.78 is 0. The highest BCUT2D eigenvalue weighted by Crippen LogP contribution is 2.35. The molecule has 25 heavy (non-hydrogen) atoms. The normalized spacial score (nSPS) is 17.9. The lowest BCUT2D eigenvalue weighted by molar-refractivity contribution is -0.384. The number of rotatable bonds is 7. The molecule has 1 amide bonds. The van der Waals surface area contributed by atoms with Crippen molar-refractivity contribution in [2.24, 2.45) is 0 Å². The maximum Gasteiger partial charge on any atom is 0.271 e. The first-order chi connectivity index (χ1) is 12.1. The van der Waals surface area contributed by atoms with Gasteiger partial charge in [0.1, 0.15) is 0 Å². The predicted octanol–water partition coefficient (Wildman–Crippen LogP) is 2.64. The van der Waals surface area contributed by atoms with Gasteiger partial charge in [-0.15, -0.1) is 0 Å². The lowest BCUT2D eigenvalue weighted by atomic mass is 10.1. The van der Waals surface area contributed by atoms with Crippen molar-refractivity contribution in [1.82, 2.24) is 4.90 Å². The molecule has 0 N–H and O–H groups in total. The summed E-state index contributed by atoms with van der Waals surface area (Å²) in [5, 5.41) is 11.0. The van der Waals surface area contributed by atoms with Crippen LogP contribution in [0, 0.1) is 10.1 Å². The van der Waals surface area contributed by atoms with E-state index in [1.165, 1.54) is 55.9 Å². The molecule has 1 fully saturated rings. The van der Waals surface area contributed by atoms with Gasteiger partial charge in [0.05, 0.1) is 22.8 Å². The molecule has 1 aromatic carbocycles. The summed E-state index contributed by atoms with van der Waals surface area (Å²) in [7, 11) is 1.68. The molecule has 0 aromatic heterocycles. The van der Waals surface area contributed by atoms with Crippen molar-refractivity contribution < 1.29 is 9.72 Å². The maximum atomic E-state index is 12.2. The van der Waals surface area contributed by atoms with Crippen LogP contribution in [0.25, 0.3) is 0 Å². The highest BCUT2D eigenvalue weighted by Gasteiger charge is 2.28. The number of carbonyl (C=O) groups excluding carboxylic acids is 1. The number of anilines is 2. The fraction of sp³-hybridized carbons (Fsp3) is 0.611.